The van der Waals surface area contributed by atoms with Gasteiger partial charge in [0.2, 0.25) is 19.4 Å². The van der Waals surface area contributed by atoms with Crippen molar-refractivity contribution in [3.63, 3.8) is 0 Å². The Morgan fingerprint density at radius 1 is 0.719 bits per heavy atom. The number of rotatable bonds is 12. The average Bonchev–Trinajstić information content (AvgIpc) is 3.85. The maximum Gasteiger partial charge on any atom is 0.245 e. The molecule has 4 aromatic rings. The third-order valence-corrected chi connectivity index (χ3v) is 15.2. The molecule has 2 saturated heterocycles. The Morgan fingerprint density at radius 3 is 2.03 bits per heavy atom. The fraction of sp³-hybridized carbons (Fsp3) is 0.478. The highest BCUT2D eigenvalue weighted by Gasteiger charge is 2.45. The highest BCUT2D eigenvalue weighted by Crippen LogP contribution is 2.42. The molecule has 2 N–H and O–H groups in total. The number of nitrogens with one attached hydrogen (secondary N) is 2. The fourth-order valence-electron chi connectivity index (χ4n) is 9.90. The van der Waals surface area contributed by atoms with Gasteiger partial charge < -0.3 is 30.2 Å². The number of nitrogens with zero attached hydrogens (tertiary/aromatic N) is 6. The molecular formula is C46H50Cl6N8O2S2. The molecule has 4 unspecified atom stereocenters. The standard InChI is InChI=1S/C46H50Cl6N8O2S2/c47-45(48,49)41(55-37(61)19-17-29-8-2-1-3-9-29)60-27-25-58(44(60)64)36-16-6-14-34-33(21-23-54-40(34)36)32-12-4-10-30(28-32)18-20-38(62)56-42(46(50,51)52)59-26-24-57(43(59)63)35-15-5-11-31-13-7-22-53-39(31)35/h5-7,11,13-16,18,20-23,29-30,32,41-42H,1-4,8-10,12,17,19,24-28H2,(H,55,61)(H,56,62)/b20-18+. The summed E-state index contributed by atoms with van der Waals surface area (Å²) in [5, 5.41) is 8.83. The van der Waals surface area contributed by atoms with Crippen LogP contribution in [-0.2, 0) is 9.59 Å². The molecule has 2 aromatic heterocycles. The molecule has 4 heterocycles. The van der Waals surface area contributed by atoms with E-state index in [1.165, 1.54) is 24.8 Å². The smallest absolute Gasteiger partial charge is 0.245 e. The maximum atomic E-state index is 13.6. The molecule has 4 fully saturated rings. The van der Waals surface area contributed by atoms with E-state index in [-0.39, 0.29) is 23.7 Å². The van der Waals surface area contributed by atoms with Crippen LogP contribution >= 0.6 is 94.0 Å². The van der Waals surface area contributed by atoms with Gasteiger partial charge in [-0.05, 0) is 104 Å². The van der Waals surface area contributed by atoms with Crippen molar-refractivity contribution in [2.24, 2.45) is 11.8 Å². The molecule has 4 aliphatic rings. The first-order valence-corrected chi connectivity index (χ1v) is 25.0. The number of fused-ring (bicyclic) bond motifs is 2. The lowest BCUT2D eigenvalue weighted by molar-refractivity contribution is -0.123. The second-order valence-electron chi connectivity index (χ2n) is 17.2. The van der Waals surface area contributed by atoms with Gasteiger partial charge in [0.25, 0.3) is 0 Å². The van der Waals surface area contributed by atoms with Gasteiger partial charge in [-0.2, -0.15) is 0 Å². The number of para-hydroxylation sites is 2. The molecule has 10 nitrogen and oxygen atoms in total. The van der Waals surface area contributed by atoms with E-state index in [4.69, 9.17) is 99.0 Å². The number of carbonyl (C=O) groups excluding carboxylic acids is 2. The quantitative estimate of drug-likeness (QED) is 0.0811. The highest BCUT2D eigenvalue weighted by molar-refractivity contribution is 7.80. The number of amides is 2. The van der Waals surface area contributed by atoms with Crippen LogP contribution < -0.4 is 20.4 Å². The van der Waals surface area contributed by atoms with Crippen LogP contribution in [0.5, 0.6) is 0 Å². The molecule has 340 valence electrons. The second-order valence-corrected chi connectivity index (χ2v) is 22.6. The molecule has 18 heteroatoms. The van der Waals surface area contributed by atoms with Gasteiger partial charge in [-0.25, -0.2) is 0 Å². The van der Waals surface area contributed by atoms with Gasteiger partial charge in [0, 0.05) is 55.8 Å². The normalized spacial score (nSPS) is 21.3. The summed E-state index contributed by atoms with van der Waals surface area (Å²) in [6.07, 6.45) is 16.1. The van der Waals surface area contributed by atoms with Crippen molar-refractivity contribution in [1.82, 2.24) is 30.4 Å². The summed E-state index contributed by atoms with van der Waals surface area (Å²) >= 11 is 51.1. The number of benzene rings is 2. The lowest BCUT2D eigenvalue weighted by atomic mass is 9.77. The Balaban J connectivity index is 0.923. The lowest BCUT2D eigenvalue weighted by Crippen LogP contribution is -2.56. The van der Waals surface area contributed by atoms with Crippen molar-refractivity contribution >= 4 is 149 Å². The molecule has 2 aromatic carbocycles. The minimum absolute atomic E-state index is 0.140. The molecule has 0 radical (unpaired) electrons. The van der Waals surface area contributed by atoms with Crippen molar-refractivity contribution in [3.05, 3.63) is 84.7 Å². The van der Waals surface area contributed by atoms with E-state index in [9.17, 15) is 9.59 Å². The number of allylic oxidation sites excluding steroid dienone is 1. The van der Waals surface area contributed by atoms with E-state index in [0.29, 0.717) is 48.7 Å². The Hall–Kier alpha value is -2.94. The van der Waals surface area contributed by atoms with E-state index in [2.05, 4.69) is 27.8 Å². The van der Waals surface area contributed by atoms with E-state index in [0.717, 1.165) is 78.1 Å². The third-order valence-electron chi connectivity index (χ3n) is 13.1. The summed E-state index contributed by atoms with van der Waals surface area (Å²) in [6, 6.07) is 18.0. The molecule has 2 amide bonds. The number of pyridine rings is 2. The topological polar surface area (TPSA) is 96.9 Å². The highest BCUT2D eigenvalue weighted by atomic mass is 35.6. The van der Waals surface area contributed by atoms with Gasteiger partial charge in [0.15, 0.2) is 22.6 Å². The van der Waals surface area contributed by atoms with Gasteiger partial charge >= 0.3 is 0 Å². The van der Waals surface area contributed by atoms with E-state index < -0.39 is 19.9 Å². The number of carbonyl (C=O) groups is 2. The van der Waals surface area contributed by atoms with E-state index >= 15 is 0 Å². The molecule has 2 saturated carbocycles. The SMILES string of the molecule is O=C(/C=C/C1CCCC(c2ccnc3c(N4CCN(C(NC(=O)CCC5CCCCC5)C(Cl)(Cl)Cl)C4=S)cccc23)C1)NC(N1CCN(c2cccc3cccnc23)C1=S)C(Cl)(Cl)Cl. The molecule has 0 spiro atoms. The Morgan fingerprint density at radius 2 is 1.34 bits per heavy atom. The van der Waals surface area contributed by atoms with Crippen molar-refractivity contribution in [3.8, 4) is 0 Å². The van der Waals surface area contributed by atoms with Crippen molar-refractivity contribution in [2.75, 3.05) is 36.0 Å². The van der Waals surface area contributed by atoms with Gasteiger partial charge in [-0.15, -0.1) is 0 Å². The summed E-state index contributed by atoms with van der Waals surface area (Å²) < 4.78 is -3.69. The van der Waals surface area contributed by atoms with Crippen LogP contribution in [0.4, 0.5) is 11.4 Å². The summed E-state index contributed by atoms with van der Waals surface area (Å²) in [6.45, 7) is 1.95. The van der Waals surface area contributed by atoms with Crippen LogP contribution in [0, 0.1) is 11.8 Å². The number of hydrogen-bond acceptors (Lipinski definition) is 6. The lowest BCUT2D eigenvalue weighted by Gasteiger charge is -2.35. The Bertz CT molecular complexity index is 2400. The van der Waals surface area contributed by atoms with Crippen molar-refractivity contribution in [2.45, 2.75) is 96.5 Å². The Labute approximate surface area is 415 Å². The van der Waals surface area contributed by atoms with Gasteiger partial charge in [-0.3, -0.25) is 19.6 Å². The van der Waals surface area contributed by atoms with E-state index in [1.807, 2.05) is 64.5 Å². The van der Waals surface area contributed by atoms with Crippen molar-refractivity contribution in [1.29, 1.82) is 0 Å². The second kappa shape index (κ2) is 20.5. The average molecular weight is 1020 g/mol. The monoisotopic (exact) mass is 1020 g/mol. The first-order chi connectivity index (χ1) is 30.7. The summed E-state index contributed by atoms with van der Waals surface area (Å²) in [4.78, 5) is 43.7. The van der Waals surface area contributed by atoms with Crippen LogP contribution in [0.1, 0.15) is 82.1 Å². The number of alkyl halides is 6. The summed E-state index contributed by atoms with van der Waals surface area (Å²) in [7, 11) is 0. The molecule has 2 aliphatic heterocycles. The number of hydrogen-bond donors (Lipinski definition) is 2. The van der Waals surface area contributed by atoms with Crippen LogP contribution in [-0.4, -0.2) is 87.9 Å². The van der Waals surface area contributed by atoms with Gasteiger partial charge in [0.05, 0.1) is 22.4 Å². The van der Waals surface area contributed by atoms with Crippen LogP contribution in [0.2, 0.25) is 0 Å². The summed E-state index contributed by atoms with van der Waals surface area (Å²) in [5.74, 6) is 0.389. The largest absolute Gasteiger partial charge is 0.332 e. The molecule has 0 bridgehead atoms. The Kier molecular flexibility index (Phi) is 15.2. The van der Waals surface area contributed by atoms with Crippen LogP contribution in [0.3, 0.4) is 0 Å². The van der Waals surface area contributed by atoms with Crippen LogP contribution in [0.15, 0.2) is 79.1 Å². The molecule has 64 heavy (non-hydrogen) atoms. The first kappa shape index (κ1) is 47.5. The zero-order chi connectivity index (χ0) is 45.2. The predicted octanol–water partition coefficient (Wildman–Crippen LogP) is 11.1. The summed E-state index contributed by atoms with van der Waals surface area (Å²) in [5.41, 5.74) is 4.51. The zero-order valence-corrected chi connectivity index (χ0v) is 41.3. The number of halogens is 6. The van der Waals surface area contributed by atoms with Gasteiger partial charge in [-0.1, -0.05) is 145 Å². The number of thiocarbonyl (C=S) groups is 2. The predicted molar refractivity (Wildman–Crippen MR) is 271 cm³/mol. The van der Waals surface area contributed by atoms with Crippen molar-refractivity contribution < 1.29 is 9.59 Å². The molecule has 2 aliphatic carbocycles. The molecule has 4 atom stereocenters. The minimum atomic E-state index is -1.87. The minimum Gasteiger partial charge on any atom is -0.332 e. The molecule has 8 rings (SSSR count). The number of aromatic nitrogens is 2. The van der Waals surface area contributed by atoms with Crippen LogP contribution in [0.25, 0.3) is 21.8 Å². The zero-order valence-electron chi connectivity index (χ0n) is 35.1. The first-order valence-electron chi connectivity index (χ1n) is 22.0. The maximum absolute atomic E-state index is 13.6. The fourth-order valence-corrected chi connectivity index (χ4v) is 11.7. The number of anilines is 2. The molecular weight excluding hydrogens is 973 g/mol. The van der Waals surface area contributed by atoms with E-state index in [1.54, 1.807) is 22.1 Å². The third kappa shape index (κ3) is 10.8. The van der Waals surface area contributed by atoms with Gasteiger partial charge in [0.1, 0.15) is 0 Å².